The summed E-state index contributed by atoms with van der Waals surface area (Å²) >= 11 is 0. The highest BCUT2D eigenvalue weighted by molar-refractivity contribution is 5.85. The van der Waals surface area contributed by atoms with Gasteiger partial charge in [-0.3, -0.25) is 0 Å². The molecule has 0 radical (unpaired) electrons. The summed E-state index contributed by atoms with van der Waals surface area (Å²) in [4.78, 5) is 0. The molecule has 1 atom stereocenters. The van der Waals surface area contributed by atoms with Gasteiger partial charge in [0.15, 0.2) is 11.5 Å². The SMILES string of the molecule is COc1cc(F)c([C@@H](N)C(F)(F)CO)cc1OC.Cl. The fourth-order valence-corrected chi connectivity index (χ4v) is 1.43. The van der Waals surface area contributed by atoms with E-state index in [0.717, 1.165) is 12.1 Å². The van der Waals surface area contributed by atoms with E-state index in [4.69, 9.17) is 20.3 Å². The van der Waals surface area contributed by atoms with Gasteiger partial charge in [0.25, 0.3) is 5.92 Å². The van der Waals surface area contributed by atoms with E-state index in [1.165, 1.54) is 14.2 Å². The summed E-state index contributed by atoms with van der Waals surface area (Å²) in [5.74, 6) is -4.43. The highest BCUT2D eigenvalue weighted by Crippen LogP contribution is 2.36. The van der Waals surface area contributed by atoms with Crippen LogP contribution in [0.15, 0.2) is 12.1 Å². The lowest BCUT2D eigenvalue weighted by atomic mass is 10.0. The summed E-state index contributed by atoms with van der Waals surface area (Å²) in [6, 6.07) is -0.0357. The molecule has 0 spiro atoms. The molecule has 1 aromatic carbocycles. The van der Waals surface area contributed by atoms with E-state index in [9.17, 15) is 13.2 Å². The van der Waals surface area contributed by atoms with Gasteiger partial charge in [-0.1, -0.05) is 0 Å². The Hall–Kier alpha value is -1.18. The largest absolute Gasteiger partial charge is 0.493 e. The van der Waals surface area contributed by atoms with Crippen molar-refractivity contribution < 1.29 is 27.8 Å². The van der Waals surface area contributed by atoms with Crippen molar-refractivity contribution in [3.8, 4) is 11.5 Å². The zero-order valence-electron chi connectivity index (χ0n) is 10.3. The topological polar surface area (TPSA) is 64.7 Å². The Bertz CT molecular complexity index is 432. The smallest absolute Gasteiger partial charge is 0.289 e. The molecular formula is C11H15ClF3NO3. The third-order valence-corrected chi connectivity index (χ3v) is 2.50. The molecule has 0 amide bonds. The van der Waals surface area contributed by atoms with Crippen molar-refractivity contribution in [2.45, 2.75) is 12.0 Å². The van der Waals surface area contributed by atoms with Crippen molar-refractivity contribution >= 4 is 12.4 Å². The van der Waals surface area contributed by atoms with Gasteiger partial charge in [0, 0.05) is 11.6 Å². The summed E-state index contributed by atoms with van der Waals surface area (Å²) in [6.45, 7) is -1.47. The average Bonchev–Trinajstić information content (AvgIpc) is 2.37. The molecule has 4 nitrogen and oxygen atoms in total. The molecule has 0 aliphatic carbocycles. The maximum atomic E-state index is 13.6. The van der Waals surface area contributed by atoms with Crippen LogP contribution in [0.3, 0.4) is 0 Å². The first-order valence-corrected chi connectivity index (χ1v) is 5.03. The van der Waals surface area contributed by atoms with Crippen LogP contribution in [0.25, 0.3) is 0 Å². The molecule has 0 saturated heterocycles. The summed E-state index contributed by atoms with van der Waals surface area (Å²) < 4.78 is 49.8. The van der Waals surface area contributed by atoms with Gasteiger partial charge in [0.05, 0.1) is 20.3 Å². The maximum absolute atomic E-state index is 13.6. The Morgan fingerprint density at radius 2 is 1.74 bits per heavy atom. The number of benzene rings is 1. The van der Waals surface area contributed by atoms with Crippen LogP contribution in [0.2, 0.25) is 0 Å². The van der Waals surface area contributed by atoms with E-state index in [1.807, 2.05) is 0 Å². The first kappa shape index (κ1) is 17.8. The molecule has 0 saturated carbocycles. The number of ether oxygens (including phenoxy) is 2. The number of hydrogen-bond donors (Lipinski definition) is 2. The quantitative estimate of drug-likeness (QED) is 0.872. The van der Waals surface area contributed by atoms with Crippen LogP contribution in [0.5, 0.6) is 11.5 Å². The number of aliphatic hydroxyl groups is 1. The number of nitrogens with two attached hydrogens (primary N) is 1. The van der Waals surface area contributed by atoms with Crippen molar-refractivity contribution in [3.05, 3.63) is 23.5 Å². The average molecular weight is 302 g/mol. The van der Waals surface area contributed by atoms with Gasteiger partial charge in [-0.2, -0.15) is 0 Å². The molecule has 0 aliphatic rings. The van der Waals surface area contributed by atoms with E-state index in [1.54, 1.807) is 0 Å². The van der Waals surface area contributed by atoms with Crippen molar-refractivity contribution in [1.29, 1.82) is 0 Å². The number of methoxy groups -OCH3 is 2. The zero-order chi connectivity index (χ0) is 13.9. The molecular weight excluding hydrogens is 287 g/mol. The molecule has 0 aliphatic heterocycles. The molecule has 0 bridgehead atoms. The number of rotatable bonds is 5. The molecule has 0 heterocycles. The summed E-state index contributed by atoms with van der Waals surface area (Å²) in [7, 11) is 2.58. The third-order valence-electron chi connectivity index (χ3n) is 2.50. The molecule has 0 aromatic heterocycles. The lowest BCUT2D eigenvalue weighted by Crippen LogP contribution is -2.36. The molecule has 19 heavy (non-hydrogen) atoms. The van der Waals surface area contributed by atoms with Crippen molar-refractivity contribution in [3.63, 3.8) is 0 Å². The van der Waals surface area contributed by atoms with Gasteiger partial charge < -0.3 is 20.3 Å². The summed E-state index contributed by atoms with van der Waals surface area (Å²) in [5, 5.41) is 8.54. The second kappa shape index (κ2) is 6.83. The summed E-state index contributed by atoms with van der Waals surface area (Å²) in [6.07, 6.45) is 0. The maximum Gasteiger partial charge on any atom is 0.289 e. The second-order valence-corrected chi connectivity index (χ2v) is 3.63. The first-order valence-electron chi connectivity index (χ1n) is 5.03. The van der Waals surface area contributed by atoms with Crippen LogP contribution < -0.4 is 15.2 Å². The van der Waals surface area contributed by atoms with Crippen LogP contribution in [0, 0.1) is 5.82 Å². The normalized spacial score (nSPS) is 12.6. The second-order valence-electron chi connectivity index (χ2n) is 3.63. The Morgan fingerprint density at radius 1 is 1.26 bits per heavy atom. The lowest BCUT2D eigenvalue weighted by molar-refractivity contribution is -0.0719. The van der Waals surface area contributed by atoms with Crippen LogP contribution in [0.1, 0.15) is 11.6 Å². The third kappa shape index (κ3) is 3.65. The highest BCUT2D eigenvalue weighted by Gasteiger charge is 2.39. The highest BCUT2D eigenvalue weighted by atomic mass is 35.5. The minimum Gasteiger partial charge on any atom is -0.493 e. The molecule has 0 unspecified atom stereocenters. The van der Waals surface area contributed by atoms with E-state index in [-0.39, 0.29) is 23.9 Å². The van der Waals surface area contributed by atoms with Gasteiger partial charge in [-0.25, -0.2) is 13.2 Å². The van der Waals surface area contributed by atoms with Crippen LogP contribution in [-0.4, -0.2) is 31.9 Å². The van der Waals surface area contributed by atoms with Gasteiger partial charge in [0.2, 0.25) is 0 Å². The fraction of sp³-hybridized carbons (Fsp3) is 0.455. The minimum absolute atomic E-state index is 0. The monoisotopic (exact) mass is 301 g/mol. The van der Waals surface area contributed by atoms with Crippen LogP contribution in [0.4, 0.5) is 13.2 Å². The van der Waals surface area contributed by atoms with E-state index in [2.05, 4.69) is 0 Å². The van der Waals surface area contributed by atoms with E-state index >= 15 is 0 Å². The lowest BCUT2D eigenvalue weighted by Gasteiger charge is -2.23. The molecule has 110 valence electrons. The van der Waals surface area contributed by atoms with Crippen molar-refractivity contribution in [2.24, 2.45) is 5.73 Å². The number of alkyl halides is 2. The van der Waals surface area contributed by atoms with E-state index in [0.29, 0.717) is 0 Å². The standard InChI is InChI=1S/C11H14F3NO3.ClH/c1-17-8-3-6(7(12)4-9(8)18-2)10(15)11(13,14)5-16;/h3-4,10,16H,5,15H2,1-2H3;1H/t10-;/m1./s1. The van der Waals surface area contributed by atoms with Gasteiger partial charge >= 0.3 is 0 Å². The Labute approximate surface area is 114 Å². The Kier molecular flexibility index (Phi) is 6.41. The number of halogens is 4. The van der Waals surface area contributed by atoms with Crippen LogP contribution in [-0.2, 0) is 0 Å². The Morgan fingerprint density at radius 3 is 2.16 bits per heavy atom. The predicted octanol–water partition coefficient (Wildman–Crippen LogP) is 1.89. The van der Waals surface area contributed by atoms with Gasteiger partial charge in [0.1, 0.15) is 12.4 Å². The first-order chi connectivity index (χ1) is 8.37. The molecule has 1 rings (SSSR count). The molecule has 0 fully saturated rings. The zero-order valence-corrected chi connectivity index (χ0v) is 11.1. The predicted molar refractivity (Wildman–Crippen MR) is 65.7 cm³/mol. The molecule has 8 heteroatoms. The van der Waals surface area contributed by atoms with Crippen molar-refractivity contribution in [1.82, 2.24) is 0 Å². The van der Waals surface area contributed by atoms with Crippen molar-refractivity contribution in [2.75, 3.05) is 20.8 Å². The minimum atomic E-state index is -3.62. The van der Waals surface area contributed by atoms with Gasteiger partial charge in [-0.05, 0) is 6.07 Å². The molecule has 1 aromatic rings. The molecule has 3 N–H and O–H groups in total. The van der Waals surface area contributed by atoms with E-state index < -0.39 is 30.0 Å². The van der Waals surface area contributed by atoms with Crippen LogP contribution >= 0.6 is 12.4 Å². The summed E-state index contributed by atoms with van der Waals surface area (Å²) in [5.41, 5.74) is 4.80. The fourth-order valence-electron chi connectivity index (χ4n) is 1.43. The number of hydrogen-bond acceptors (Lipinski definition) is 4. The van der Waals surface area contributed by atoms with Gasteiger partial charge in [-0.15, -0.1) is 12.4 Å². The number of aliphatic hydroxyl groups excluding tert-OH is 1. The Balaban J connectivity index is 0.00000324.